The van der Waals surface area contributed by atoms with Crippen molar-refractivity contribution in [3.8, 4) is 0 Å². The standard InChI is InChI=1S/C13H15NOS2/c1-10(12-5-3-7-16-12)14(2)9-11(15)13-6-4-8-17-13/h3-8,10H,9H2,1-2H3. The lowest BCUT2D eigenvalue weighted by atomic mass is 10.2. The van der Waals surface area contributed by atoms with Gasteiger partial charge in [0, 0.05) is 10.9 Å². The van der Waals surface area contributed by atoms with Crippen molar-refractivity contribution in [1.82, 2.24) is 4.90 Å². The highest BCUT2D eigenvalue weighted by molar-refractivity contribution is 7.12. The number of carbonyl (C=O) groups excluding carboxylic acids is 1. The number of hydrogen-bond acceptors (Lipinski definition) is 4. The van der Waals surface area contributed by atoms with Crippen LogP contribution in [0.5, 0.6) is 0 Å². The van der Waals surface area contributed by atoms with Gasteiger partial charge in [0.25, 0.3) is 0 Å². The highest BCUT2D eigenvalue weighted by atomic mass is 32.1. The Morgan fingerprint density at radius 3 is 2.59 bits per heavy atom. The van der Waals surface area contributed by atoms with Crippen LogP contribution in [0.25, 0.3) is 0 Å². The largest absolute Gasteiger partial charge is 0.292 e. The molecule has 0 saturated carbocycles. The molecular formula is C13H15NOS2. The van der Waals surface area contributed by atoms with Crippen molar-refractivity contribution >= 4 is 28.5 Å². The second-order valence-electron chi connectivity index (χ2n) is 4.01. The number of thiophene rings is 2. The molecule has 0 fully saturated rings. The first kappa shape index (κ1) is 12.5. The number of rotatable bonds is 5. The van der Waals surface area contributed by atoms with E-state index in [1.807, 2.05) is 30.6 Å². The first-order valence-corrected chi connectivity index (χ1v) is 7.24. The fourth-order valence-electron chi connectivity index (χ4n) is 1.62. The maximum absolute atomic E-state index is 12.0. The van der Waals surface area contributed by atoms with Crippen LogP contribution < -0.4 is 0 Å². The van der Waals surface area contributed by atoms with Crippen molar-refractivity contribution in [2.75, 3.05) is 13.6 Å². The summed E-state index contributed by atoms with van der Waals surface area (Å²) in [4.78, 5) is 16.2. The first-order chi connectivity index (χ1) is 8.18. The summed E-state index contributed by atoms with van der Waals surface area (Å²) in [5.74, 6) is 0.200. The summed E-state index contributed by atoms with van der Waals surface area (Å²) in [6, 6.07) is 8.25. The number of nitrogens with zero attached hydrogens (tertiary/aromatic N) is 1. The van der Waals surface area contributed by atoms with E-state index in [0.29, 0.717) is 12.6 Å². The Balaban J connectivity index is 1.97. The lowest BCUT2D eigenvalue weighted by Gasteiger charge is -2.22. The van der Waals surface area contributed by atoms with Gasteiger partial charge in [-0.15, -0.1) is 22.7 Å². The van der Waals surface area contributed by atoms with E-state index < -0.39 is 0 Å². The van der Waals surface area contributed by atoms with E-state index in [0.717, 1.165) is 4.88 Å². The molecule has 2 heterocycles. The minimum absolute atomic E-state index is 0.200. The zero-order chi connectivity index (χ0) is 12.3. The van der Waals surface area contributed by atoms with Gasteiger partial charge in [-0.2, -0.15) is 0 Å². The van der Waals surface area contributed by atoms with Crippen molar-refractivity contribution in [2.24, 2.45) is 0 Å². The van der Waals surface area contributed by atoms with Gasteiger partial charge in [-0.25, -0.2) is 0 Å². The zero-order valence-corrected chi connectivity index (χ0v) is 11.6. The van der Waals surface area contributed by atoms with Gasteiger partial charge in [0.05, 0.1) is 11.4 Å². The topological polar surface area (TPSA) is 20.3 Å². The van der Waals surface area contributed by atoms with Crippen LogP contribution in [-0.2, 0) is 0 Å². The van der Waals surface area contributed by atoms with Crippen LogP contribution >= 0.6 is 22.7 Å². The van der Waals surface area contributed by atoms with E-state index in [-0.39, 0.29) is 5.78 Å². The molecule has 4 heteroatoms. The smallest absolute Gasteiger partial charge is 0.186 e. The molecule has 2 aromatic heterocycles. The third-order valence-electron chi connectivity index (χ3n) is 2.81. The highest BCUT2D eigenvalue weighted by Crippen LogP contribution is 2.23. The summed E-state index contributed by atoms with van der Waals surface area (Å²) in [5, 5.41) is 4.01. The quantitative estimate of drug-likeness (QED) is 0.769. The molecule has 1 unspecified atom stereocenters. The molecule has 0 saturated heterocycles. The van der Waals surface area contributed by atoms with Crippen LogP contribution in [0.4, 0.5) is 0 Å². The number of hydrogen-bond donors (Lipinski definition) is 0. The molecule has 0 aliphatic rings. The third kappa shape index (κ3) is 3.03. The Morgan fingerprint density at radius 2 is 2.00 bits per heavy atom. The summed E-state index contributed by atoms with van der Waals surface area (Å²) < 4.78 is 0. The maximum Gasteiger partial charge on any atom is 0.186 e. The Hall–Kier alpha value is -0.970. The van der Waals surface area contributed by atoms with Gasteiger partial charge in [0.2, 0.25) is 0 Å². The van der Waals surface area contributed by atoms with Crippen molar-refractivity contribution in [3.63, 3.8) is 0 Å². The van der Waals surface area contributed by atoms with Gasteiger partial charge in [-0.1, -0.05) is 12.1 Å². The lowest BCUT2D eigenvalue weighted by Crippen LogP contribution is -2.28. The predicted octanol–water partition coefficient (Wildman–Crippen LogP) is 3.69. The van der Waals surface area contributed by atoms with E-state index in [4.69, 9.17) is 0 Å². The van der Waals surface area contributed by atoms with E-state index in [2.05, 4.69) is 23.3 Å². The van der Waals surface area contributed by atoms with Crippen LogP contribution in [0.3, 0.4) is 0 Å². The summed E-state index contributed by atoms with van der Waals surface area (Å²) in [6.07, 6.45) is 0. The number of ketones is 1. The average Bonchev–Trinajstić information content (AvgIpc) is 3.00. The molecule has 90 valence electrons. The predicted molar refractivity (Wildman–Crippen MR) is 74.0 cm³/mol. The van der Waals surface area contributed by atoms with E-state index in [1.165, 1.54) is 16.2 Å². The van der Waals surface area contributed by atoms with Gasteiger partial charge >= 0.3 is 0 Å². The normalized spacial score (nSPS) is 12.9. The summed E-state index contributed by atoms with van der Waals surface area (Å²) in [7, 11) is 2.00. The Bertz CT molecular complexity index is 462. The van der Waals surface area contributed by atoms with Crippen molar-refractivity contribution in [2.45, 2.75) is 13.0 Å². The van der Waals surface area contributed by atoms with Gasteiger partial charge in [0.15, 0.2) is 5.78 Å². The number of carbonyl (C=O) groups is 1. The SMILES string of the molecule is CC(c1cccs1)N(C)CC(=O)c1cccs1. The molecule has 0 N–H and O–H groups in total. The minimum Gasteiger partial charge on any atom is -0.292 e. The molecule has 2 nitrogen and oxygen atoms in total. The van der Waals surface area contributed by atoms with E-state index in [1.54, 1.807) is 11.3 Å². The van der Waals surface area contributed by atoms with E-state index in [9.17, 15) is 4.79 Å². The summed E-state index contributed by atoms with van der Waals surface area (Å²) in [6.45, 7) is 2.60. The molecule has 0 aromatic carbocycles. The molecule has 17 heavy (non-hydrogen) atoms. The Labute approximate surface area is 110 Å². The Kier molecular flexibility index (Phi) is 4.10. The van der Waals surface area contributed by atoms with Crippen LogP contribution in [0.2, 0.25) is 0 Å². The Morgan fingerprint density at radius 1 is 1.29 bits per heavy atom. The molecule has 0 bridgehead atoms. The molecule has 1 atom stereocenters. The first-order valence-electron chi connectivity index (χ1n) is 5.49. The zero-order valence-electron chi connectivity index (χ0n) is 9.92. The lowest BCUT2D eigenvalue weighted by molar-refractivity contribution is 0.0930. The van der Waals surface area contributed by atoms with Crippen molar-refractivity contribution in [1.29, 1.82) is 0 Å². The molecule has 0 amide bonds. The summed E-state index contributed by atoms with van der Waals surface area (Å²) in [5.41, 5.74) is 0. The highest BCUT2D eigenvalue weighted by Gasteiger charge is 2.16. The molecule has 2 aromatic rings. The van der Waals surface area contributed by atoms with Crippen LogP contribution in [0.1, 0.15) is 27.5 Å². The molecular weight excluding hydrogens is 250 g/mol. The summed E-state index contributed by atoms with van der Waals surface area (Å²) >= 11 is 3.24. The fourth-order valence-corrected chi connectivity index (χ4v) is 3.13. The van der Waals surface area contributed by atoms with Gasteiger partial charge in [-0.3, -0.25) is 9.69 Å². The van der Waals surface area contributed by atoms with Gasteiger partial charge in [0.1, 0.15) is 0 Å². The van der Waals surface area contributed by atoms with Gasteiger partial charge in [-0.05, 0) is 36.9 Å². The monoisotopic (exact) mass is 265 g/mol. The second-order valence-corrected chi connectivity index (χ2v) is 5.93. The van der Waals surface area contributed by atoms with Crippen molar-refractivity contribution in [3.05, 3.63) is 44.8 Å². The fraction of sp³-hybridized carbons (Fsp3) is 0.308. The van der Waals surface area contributed by atoms with Crippen LogP contribution in [-0.4, -0.2) is 24.3 Å². The van der Waals surface area contributed by atoms with Crippen LogP contribution in [0.15, 0.2) is 35.0 Å². The maximum atomic E-state index is 12.0. The number of likely N-dealkylation sites (N-methyl/N-ethyl adjacent to an activating group) is 1. The number of Topliss-reactive ketones (excluding diaryl/α,β-unsaturated/α-hetero) is 1. The average molecular weight is 265 g/mol. The second kappa shape index (κ2) is 5.58. The van der Waals surface area contributed by atoms with Gasteiger partial charge < -0.3 is 0 Å². The van der Waals surface area contributed by atoms with Crippen LogP contribution in [0, 0.1) is 0 Å². The molecule has 2 rings (SSSR count). The molecule has 0 radical (unpaired) electrons. The molecule has 0 aliphatic heterocycles. The van der Waals surface area contributed by atoms with E-state index >= 15 is 0 Å². The third-order valence-corrected chi connectivity index (χ3v) is 4.76. The molecule has 0 spiro atoms. The molecule has 0 aliphatic carbocycles. The minimum atomic E-state index is 0.200. The van der Waals surface area contributed by atoms with Crippen molar-refractivity contribution < 1.29 is 4.79 Å².